The first-order valence-corrected chi connectivity index (χ1v) is 9.37. The van der Waals surface area contributed by atoms with Gasteiger partial charge in [0.25, 0.3) is 0 Å². The minimum Gasteiger partial charge on any atom is -0.384 e. The van der Waals surface area contributed by atoms with Crippen LogP contribution in [0.2, 0.25) is 0 Å². The number of methoxy groups -OCH3 is 1. The zero-order valence-corrected chi connectivity index (χ0v) is 14.7. The molecule has 0 aromatic carbocycles. The molecular formula is C16H33NO2S. The van der Waals surface area contributed by atoms with Crippen LogP contribution >= 0.6 is 0 Å². The van der Waals surface area contributed by atoms with Crippen LogP contribution in [-0.4, -0.2) is 41.5 Å². The highest BCUT2D eigenvalue weighted by Gasteiger charge is 2.38. The van der Waals surface area contributed by atoms with Gasteiger partial charge in [0.1, 0.15) is 0 Å². The lowest BCUT2D eigenvalue weighted by Gasteiger charge is -2.41. The highest BCUT2D eigenvalue weighted by Crippen LogP contribution is 2.39. The van der Waals surface area contributed by atoms with Crippen molar-refractivity contribution in [3.05, 3.63) is 0 Å². The maximum Gasteiger partial charge on any atom is 0.0577 e. The van der Waals surface area contributed by atoms with Crippen LogP contribution in [0.15, 0.2) is 0 Å². The van der Waals surface area contributed by atoms with Gasteiger partial charge < -0.3 is 10.1 Å². The molecule has 4 heteroatoms. The average molecular weight is 304 g/mol. The minimum absolute atomic E-state index is 0.287. The molecule has 1 N–H and O–H groups in total. The smallest absolute Gasteiger partial charge is 0.0577 e. The van der Waals surface area contributed by atoms with Gasteiger partial charge in [-0.15, -0.1) is 0 Å². The van der Waals surface area contributed by atoms with E-state index in [0.717, 1.165) is 25.8 Å². The summed E-state index contributed by atoms with van der Waals surface area (Å²) in [6.07, 6.45) is 4.63. The van der Waals surface area contributed by atoms with Crippen molar-refractivity contribution in [3.8, 4) is 0 Å². The molecule has 1 saturated carbocycles. The molecule has 1 aliphatic rings. The quantitative estimate of drug-likeness (QED) is 0.786. The van der Waals surface area contributed by atoms with E-state index in [1.54, 1.807) is 7.11 Å². The number of ether oxygens (including phenoxy) is 1. The Labute approximate surface area is 127 Å². The van der Waals surface area contributed by atoms with E-state index in [9.17, 15) is 4.21 Å². The van der Waals surface area contributed by atoms with E-state index in [1.807, 2.05) is 0 Å². The Balaban J connectivity index is 2.69. The van der Waals surface area contributed by atoms with Crippen LogP contribution in [0.3, 0.4) is 0 Å². The third-order valence-electron chi connectivity index (χ3n) is 4.50. The Hall–Kier alpha value is 0.0700. The summed E-state index contributed by atoms with van der Waals surface area (Å²) in [5, 5.41) is 3.90. The summed E-state index contributed by atoms with van der Waals surface area (Å²) in [4.78, 5) is 0. The summed E-state index contributed by atoms with van der Waals surface area (Å²) in [6, 6.07) is 0.422. The van der Waals surface area contributed by atoms with Crippen LogP contribution in [0.5, 0.6) is 0 Å². The standard InChI is InChI=1S/C16H33NO2S/c1-6-9-17-14-8-7-13(16(2,3)4)12-15(14)20(18)11-10-19-5/h13-15,17H,6-12H2,1-5H3. The second kappa shape index (κ2) is 8.50. The van der Waals surface area contributed by atoms with Crippen molar-refractivity contribution in [2.75, 3.05) is 26.0 Å². The van der Waals surface area contributed by atoms with E-state index < -0.39 is 10.8 Å². The fourth-order valence-electron chi connectivity index (χ4n) is 3.09. The first-order valence-electron chi connectivity index (χ1n) is 7.99. The second-order valence-electron chi connectivity index (χ2n) is 7.05. The predicted molar refractivity (Wildman–Crippen MR) is 87.6 cm³/mol. The fraction of sp³-hybridized carbons (Fsp3) is 1.00. The predicted octanol–water partition coefficient (Wildman–Crippen LogP) is 2.96. The van der Waals surface area contributed by atoms with Crippen molar-refractivity contribution in [1.82, 2.24) is 5.32 Å². The largest absolute Gasteiger partial charge is 0.384 e. The molecule has 1 fully saturated rings. The Morgan fingerprint density at radius 2 is 2.00 bits per heavy atom. The lowest BCUT2D eigenvalue weighted by molar-refractivity contribution is 0.163. The number of nitrogens with one attached hydrogen (secondary N) is 1. The molecule has 1 aliphatic carbocycles. The summed E-state index contributed by atoms with van der Waals surface area (Å²) >= 11 is 0. The van der Waals surface area contributed by atoms with Gasteiger partial charge in [-0.05, 0) is 43.6 Å². The van der Waals surface area contributed by atoms with Crippen molar-refractivity contribution >= 4 is 10.8 Å². The molecule has 3 nitrogen and oxygen atoms in total. The van der Waals surface area contributed by atoms with Gasteiger partial charge >= 0.3 is 0 Å². The lowest BCUT2D eigenvalue weighted by Crippen LogP contribution is -2.49. The van der Waals surface area contributed by atoms with Crippen molar-refractivity contribution < 1.29 is 8.95 Å². The van der Waals surface area contributed by atoms with E-state index in [2.05, 4.69) is 33.0 Å². The first kappa shape index (κ1) is 18.1. The van der Waals surface area contributed by atoms with Crippen LogP contribution in [0.25, 0.3) is 0 Å². The third-order valence-corrected chi connectivity index (χ3v) is 6.26. The van der Waals surface area contributed by atoms with Gasteiger partial charge in [-0.1, -0.05) is 27.7 Å². The SMILES string of the molecule is CCCNC1CCC(C(C)(C)C)CC1S(=O)CCOC. The molecule has 4 atom stereocenters. The maximum absolute atomic E-state index is 12.6. The van der Waals surface area contributed by atoms with Crippen molar-refractivity contribution in [1.29, 1.82) is 0 Å². The number of rotatable bonds is 7. The number of hydrogen-bond donors (Lipinski definition) is 1. The topological polar surface area (TPSA) is 38.3 Å². The molecule has 20 heavy (non-hydrogen) atoms. The molecule has 0 amide bonds. The molecule has 4 unspecified atom stereocenters. The Morgan fingerprint density at radius 3 is 2.55 bits per heavy atom. The van der Waals surface area contributed by atoms with Crippen LogP contribution in [0, 0.1) is 11.3 Å². The molecule has 0 radical (unpaired) electrons. The van der Waals surface area contributed by atoms with Gasteiger partial charge in [-0.2, -0.15) is 0 Å². The zero-order chi connectivity index (χ0) is 15.2. The molecule has 0 spiro atoms. The van der Waals surface area contributed by atoms with E-state index in [0.29, 0.717) is 29.7 Å². The van der Waals surface area contributed by atoms with Gasteiger partial charge in [0.05, 0.1) is 11.9 Å². The Bertz CT molecular complexity index is 301. The molecule has 0 aliphatic heterocycles. The van der Waals surface area contributed by atoms with Crippen LogP contribution < -0.4 is 5.32 Å². The van der Waals surface area contributed by atoms with Crippen LogP contribution in [0.4, 0.5) is 0 Å². The third kappa shape index (κ3) is 5.45. The summed E-state index contributed by atoms with van der Waals surface area (Å²) < 4.78 is 17.7. The zero-order valence-electron chi connectivity index (χ0n) is 13.9. The molecule has 0 heterocycles. The van der Waals surface area contributed by atoms with E-state index >= 15 is 0 Å². The van der Waals surface area contributed by atoms with Gasteiger partial charge in [0, 0.05) is 29.7 Å². The molecule has 120 valence electrons. The molecular weight excluding hydrogens is 270 g/mol. The van der Waals surface area contributed by atoms with Gasteiger partial charge in [-0.25, -0.2) is 0 Å². The van der Waals surface area contributed by atoms with Gasteiger partial charge in [0.2, 0.25) is 0 Å². The summed E-state index contributed by atoms with van der Waals surface area (Å²) in [7, 11) is 0.900. The molecule has 0 saturated heterocycles. The van der Waals surface area contributed by atoms with Gasteiger partial charge in [-0.3, -0.25) is 4.21 Å². The maximum atomic E-state index is 12.6. The average Bonchev–Trinajstić information content (AvgIpc) is 2.41. The van der Waals surface area contributed by atoms with Crippen molar-refractivity contribution in [2.45, 2.75) is 64.7 Å². The summed E-state index contributed by atoms with van der Waals surface area (Å²) in [6.45, 7) is 10.8. The monoisotopic (exact) mass is 303 g/mol. The molecule has 1 rings (SSSR count). The Morgan fingerprint density at radius 1 is 1.30 bits per heavy atom. The number of hydrogen-bond acceptors (Lipinski definition) is 3. The molecule has 0 aromatic rings. The second-order valence-corrected chi connectivity index (χ2v) is 8.83. The van der Waals surface area contributed by atoms with Crippen LogP contribution in [0.1, 0.15) is 53.4 Å². The Kier molecular flexibility index (Phi) is 7.70. The fourth-order valence-corrected chi connectivity index (χ4v) is 4.77. The highest BCUT2D eigenvalue weighted by molar-refractivity contribution is 7.85. The highest BCUT2D eigenvalue weighted by atomic mass is 32.2. The minimum atomic E-state index is -0.783. The lowest BCUT2D eigenvalue weighted by atomic mass is 9.71. The van der Waals surface area contributed by atoms with Crippen molar-refractivity contribution in [2.24, 2.45) is 11.3 Å². The molecule has 0 aromatic heterocycles. The van der Waals surface area contributed by atoms with Gasteiger partial charge in [0.15, 0.2) is 0 Å². The summed E-state index contributed by atoms with van der Waals surface area (Å²) in [5.41, 5.74) is 0.319. The van der Waals surface area contributed by atoms with E-state index in [1.165, 1.54) is 6.42 Å². The van der Waals surface area contributed by atoms with E-state index in [4.69, 9.17) is 4.74 Å². The normalized spacial score (nSPS) is 29.4. The summed E-state index contributed by atoms with van der Waals surface area (Å²) in [5.74, 6) is 1.35. The molecule has 0 bridgehead atoms. The van der Waals surface area contributed by atoms with Crippen molar-refractivity contribution in [3.63, 3.8) is 0 Å². The van der Waals surface area contributed by atoms with Crippen LogP contribution in [-0.2, 0) is 15.5 Å². The van der Waals surface area contributed by atoms with E-state index in [-0.39, 0.29) is 5.25 Å². The first-order chi connectivity index (χ1) is 9.40.